The van der Waals surface area contributed by atoms with Crippen LogP contribution in [0.4, 0.5) is 0 Å². The maximum atomic E-state index is 13.3. The van der Waals surface area contributed by atoms with Gasteiger partial charge in [0.25, 0.3) is 5.91 Å². The Morgan fingerprint density at radius 1 is 1.32 bits per heavy atom. The van der Waals surface area contributed by atoms with Gasteiger partial charge in [-0.25, -0.2) is 4.98 Å². The van der Waals surface area contributed by atoms with E-state index in [0.29, 0.717) is 11.5 Å². The lowest BCUT2D eigenvalue weighted by Gasteiger charge is -2.22. The van der Waals surface area contributed by atoms with Gasteiger partial charge >= 0.3 is 0 Å². The van der Waals surface area contributed by atoms with Gasteiger partial charge in [-0.3, -0.25) is 4.79 Å². The van der Waals surface area contributed by atoms with Gasteiger partial charge in [-0.2, -0.15) is 0 Å². The van der Waals surface area contributed by atoms with Crippen LogP contribution in [-0.4, -0.2) is 34.1 Å². The molecule has 1 aliphatic heterocycles. The van der Waals surface area contributed by atoms with Crippen LogP contribution in [0.1, 0.15) is 52.6 Å². The van der Waals surface area contributed by atoms with Crippen LogP contribution < -0.4 is 4.74 Å². The van der Waals surface area contributed by atoms with Gasteiger partial charge in [0, 0.05) is 18.2 Å². The molecular formula is C21H23N3O3S. The molecule has 0 N–H and O–H groups in total. The lowest BCUT2D eigenvalue weighted by atomic mass is 10.1. The molecule has 1 atom stereocenters. The van der Waals surface area contributed by atoms with Crippen molar-refractivity contribution < 1.29 is 14.1 Å². The van der Waals surface area contributed by atoms with E-state index in [0.717, 1.165) is 52.9 Å². The Kier molecular flexibility index (Phi) is 5.17. The minimum atomic E-state index is -0.0517. The summed E-state index contributed by atoms with van der Waals surface area (Å²) in [6, 6.07) is 9.69. The number of thiazole rings is 1. The number of nitrogens with zero attached hydrogens (tertiary/aromatic N) is 3. The third kappa shape index (κ3) is 3.54. The van der Waals surface area contributed by atoms with E-state index in [-0.39, 0.29) is 11.9 Å². The Labute approximate surface area is 168 Å². The topological polar surface area (TPSA) is 68.5 Å². The number of likely N-dealkylation sites (tertiary alicyclic amines) is 1. The number of hydrogen-bond acceptors (Lipinski definition) is 6. The van der Waals surface area contributed by atoms with Crippen molar-refractivity contribution in [1.82, 2.24) is 15.0 Å². The van der Waals surface area contributed by atoms with Crippen LogP contribution in [0.15, 0.2) is 34.9 Å². The number of carbonyl (C=O) groups excluding carboxylic acids is 1. The summed E-state index contributed by atoms with van der Waals surface area (Å²) >= 11 is 1.44. The molecule has 1 saturated heterocycles. The molecular weight excluding hydrogens is 374 g/mol. The smallest absolute Gasteiger partial charge is 0.266 e. The highest BCUT2D eigenvalue weighted by Gasteiger charge is 2.34. The lowest BCUT2D eigenvalue weighted by Crippen LogP contribution is -2.30. The molecule has 3 aromatic rings. The molecule has 0 unspecified atom stereocenters. The van der Waals surface area contributed by atoms with Gasteiger partial charge in [-0.15, -0.1) is 11.3 Å². The molecule has 0 radical (unpaired) electrons. The number of benzene rings is 1. The Hall–Kier alpha value is -2.67. The second-order valence-electron chi connectivity index (χ2n) is 6.92. The van der Waals surface area contributed by atoms with Crippen molar-refractivity contribution in [2.75, 3.05) is 13.2 Å². The molecule has 1 aromatic carbocycles. The molecule has 7 heteroatoms. The Morgan fingerprint density at radius 2 is 2.11 bits per heavy atom. The minimum absolute atomic E-state index is 0.0174. The van der Waals surface area contributed by atoms with Crippen LogP contribution in [0, 0.1) is 13.8 Å². The van der Waals surface area contributed by atoms with E-state index in [2.05, 4.69) is 10.1 Å². The van der Waals surface area contributed by atoms with E-state index >= 15 is 0 Å². The molecule has 0 aliphatic carbocycles. The minimum Gasteiger partial charge on any atom is -0.494 e. The summed E-state index contributed by atoms with van der Waals surface area (Å²) in [4.78, 5) is 20.5. The zero-order valence-corrected chi connectivity index (χ0v) is 17.1. The summed E-state index contributed by atoms with van der Waals surface area (Å²) in [5, 5.41) is 4.82. The molecule has 1 aliphatic rings. The molecule has 28 heavy (non-hydrogen) atoms. The summed E-state index contributed by atoms with van der Waals surface area (Å²) in [6.45, 7) is 7.10. The summed E-state index contributed by atoms with van der Waals surface area (Å²) in [5.41, 5.74) is 2.58. The average Bonchev–Trinajstić information content (AvgIpc) is 3.41. The van der Waals surface area contributed by atoms with E-state index < -0.39 is 0 Å². The number of carbonyl (C=O) groups is 1. The van der Waals surface area contributed by atoms with E-state index in [1.807, 2.05) is 56.0 Å². The predicted octanol–water partition coefficient (Wildman–Crippen LogP) is 4.79. The largest absolute Gasteiger partial charge is 0.494 e. The molecule has 4 rings (SSSR count). The first-order valence-corrected chi connectivity index (χ1v) is 10.3. The zero-order chi connectivity index (χ0) is 19.7. The van der Waals surface area contributed by atoms with Crippen molar-refractivity contribution in [2.24, 2.45) is 0 Å². The SMILES string of the molecule is CCOc1ccc(-c2nc(C)c(C(=O)N3CCC[C@@H]3c3cc(C)no3)s2)cc1. The standard InChI is InChI=1S/C21H23N3O3S/c1-4-26-16-9-7-15(8-10-16)20-22-14(3)19(28-20)21(25)24-11-5-6-17(24)18-12-13(2)23-27-18/h7-10,12,17H,4-6,11H2,1-3H3/t17-/m1/s1. The quantitative estimate of drug-likeness (QED) is 0.619. The van der Waals surface area contributed by atoms with Crippen LogP contribution >= 0.6 is 11.3 Å². The molecule has 6 nitrogen and oxygen atoms in total. The molecule has 2 aromatic heterocycles. The molecule has 1 fully saturated rings. The first-order valence-electron chi connectivity index (χ1n) is 9.51. The number of rotatable bonds is 5. The van der Waals surface area contributed by atoms with E-state index in [4.69, 9.17) is 9.26 Å². The maximum Gasteiger partial charge on any atom is 0.266 e. The third-order valence-corrected chi connectivity index (χ3v) is 6.09. The normalized spacial score (nSPS) is 16.5. The van der Waals surface area contributed by atoms with Gasteiger partial charge in [-0.1, -0.05) is 5.16 Å². The fraction of sp³-hybridized carbons (Fsp3) is 0.381. The first kappa shape index (κ1) is 18.7. The van der Waals surface area contributed by atoms with Gasteiger partial charge in [0.15, 0.2) is 5.76 Å². The first-order chi connectivity index (χ1) is 13.6. The number of amides is 1. The van der Waals surface area contributed by atoms with Crippen molar-refractivity contribution >= 4 is 17.2 Å². The van der Waals surface area contributed by atoms with E-state index in [1.165, 1.54) is 11.3 Å². The van der Waals surface area contributed by atoms with Gasteiger partial charge in [0.2, 0.25) is 0 Å². The molecule has 3 heterocycles. The molecule has 0 saturated carbocycles. The van der Waals surface area contributed by atoms with Crippen LogP contribution in [-0.2, 0) is 0 Å². The van der Waals surface area contributed by atoms with Crippen LogP contribution in [0.5, 0.6) is 5.75 Å². The number of aromatic nitrogens is 2. The Morgan fingerprint density at radius 3 is 2.79 bits per heavy atom. The second kappa shape index (κ2) is 7.75. The molecule has 146 valence electrons. The molecule has 0 bridgehead atoms. The van der Waals surface area contributed by atoms with Gasteiger partial charge in [-0.05, 0) is 57.9 Å². The van der Waals surface area contributed by atoms with Crippen molar-refractivity contribution in [3.63, 3.8) is 0 Å². The zero-order valence-electron chi connectivity index (χ0n) is 16.3. The number of hydrogen-bond donors (Lipinski definition) is 0. The van der Waals surface area contributed by atoms with Gasteiger partial charge < -0.3 is 14.2 Å². The second-order valence-corrected chi connectivity index (χ2v) is 7.92. The van der Waals surface area contributed by atoms with Gasteiger partial charge in [0.05, 0.1) is 24.0 Å². The lowest BCUT2D eigenvalue weighted by molar-refractivity contribution is 0.0718. The molecule has 0 spiro atoms. The fourth-order valence-corrected chi connectivity index (χ4v) is 4.58. The van der Waals surface area contributed by atoms with Crippen molar-refractivity contribution in [3.05, 3.63) is 52.4 Å². The van der Waals surface area contributed by atoms with Crippen molar-refractivity contribution in [3.8, 4) is 16.3 Å². The summed E-state index contributed by atoms with van der Waals surface area (Å²) in [5.74, 6) is 1.61. The van der Waals surface area contributed by atoms with Gasteiger partial charge in [0.1, 0.15) is 15.6 Å². The maximum absolute atomic E-state index is 13.3. The van der Waals surface area contributed by atoms with Crippen molar-refractivity contribution in [2.45, 2.75) is 39.7 Å². The monoisotopic (exact) mass is 397 g/mol. The Balaban J connectivity index is 1.58. The predicted molar refractivity (Wildman–Crippen MR) is 108 cm³/mol. The summed E-state index contributed by atoms with van der Waals surface area (Å²) in [6.07, 6.45) is 1.85. The average molecular weight is 398 g/mol. The summed E-state index contributed by atoms with van der Waals surface area (Å²) < 4.78 is 10.9. The highest BCUT2D eigenvalue weighted by molar-refractivity contribution is 7.17. The summed E-state index contributed by atoms with van der Waals surface area (Å²) in [7, 11) is 0. The number of aryl methyl sites for hydroxylation is 2. The van der Waals surface area contributed by atoms with E-state index in [1.54, 1.807) is 0 Å². The highest BCUT2D eigenvalue weighted by atomic mass is 32.1. The third-order valence-electron chi connectivity index (χ3n) is 4.89. The van der Waals surface area contributed by atoms with Crippen LogP contribution in [0.3, 0.4) is 0 Å². The van der Waals surface area contributed by atoms with Crippen LogP contribution in [0.25, 0.3) is 10.6 Å². The molecule has 1 amide bonds. The van der Waals surface area contributed by atoms with Crippen molar-refractivity contribution in [1.29, 1.82) is 0 Å². The van der Waals surface area contributed by atoms with E-state index in [9.17, 15) is 4.79 Å². The highest BCUT2D eigenvalue weighted by Crippen LogP contribution is 2.36. The Bertz CT molecular complexity index is 977. The number of ether oxygens (including phenoxy) is 1. The fourth-order valence-electron chi connectivity index (χ4n) is 3.56. The van der Waals surface area contributed by atoms with Crippen LogP contribution in [0.2, 0.25) is 0 Å².